The van der Waals surface area contributed by atoms with Gasteiger partial charge in [0.05, 0.1) is 6.10 Å². The van der Waals surface area contributed by atoms with E-state index in [-0.39, 0.29) is 41.8 Å². The molecule has 0 saturated heterocycles. The summed E-state index contributed by atoms with van der Waals surface area (Å²) in [6.07, 6.45) is 4.93. The molecule has 0 spiro atoms. The molecule has 0 heterocycles. The van der Waals surface area contributed by atoms with Gasteiger partial charge in [-0.25, -0.2) is 9.59 Å². The standard InChI is InChI=1S/C25H34O9/c1-23-7-5-15(26)9-14(23)3-4-16-17-6-8-25(32,24(17,2)10-18(27)22(16)23)19(28)11-34-21(31)13-33-12-20(29)30/h9,16-18,22,27,32H,3-8,10-13H2,1-2H3,(H,29,30)/t16-,17-,18-,22+,23-,24-,25+/m0/s1. The fourth-order valence-electron chi connectivity index (χ4n) is 7.68. The Bertz CT molecular complexity index is 925. The molecule has 3 fully saturated rings. The Morgan fingerprint density at radius 3 is 2.53 bits per heavy atom. The Balaban J connectivity index is 1.49. The summed E-state index contributed by atoms with van der Waals surface area (Å²) in [6.45, 7) is 2.11. The van der Waals surface area contributed by atoms with Crippen molar-refractivity contribution in [3.05, 3.63) is 11.6 Å². The van der Waals surface area contributed by atoms with Gasteiger partial charge in [0.15, 0.2) is 12.4 Å². The number of ketones is 2. The van der Waals surface area contributed by atoms with Crippen LogP contribution < -0.4 is 0 Å². The average molecular weight is 479 g/mol. The zero-order chi connectivity index (χ0) is 24.9. The molecule has 3 saturated carbocycles. The number of ether oxygens (including phenoxy) is 2. The number of esters is 1. The van der Waals surface area contributed by atoms with Crippen LogP contribution >= 0.6 is 0 Å². The van der Waals surface area contributed by atoms with Crippen LogP contribution in [0.25, 0.3) is 0 Å². The van der Waals surface area contributed by atoms with Crippen LogP contribution in [-0.2, 0) is 28.7 Å². The summed E-state index contributed by atoms with van der Waals surface area (Å²) in [5, 5.41) is 31.5. The van der Waals surface area contributed by atoms with Crippen molar-refractivity contribution in [3.63, 3.8) is 0 Å². The normalized spacial score (nSPS) is 41.1. The Kier molecular flexibility index (Phi) is 6.50. The number of hydrogen-bond acceptors (Lipinski definition) is 8. The monoisotopic (exact) mass is 478 g/mol. The number of allylic oxidation sites excluding steroid dienone is 1. The van der Waals surface area contributed by atoms with Gasteiger partial charge in [-0.15, -0.1) is 0 Å². The van der Waals surface area contributed by atoms with Gasteiger partial charge in [-0.05, 0) is 67.8 Å². The Morgan fingerprint density at radius 1 is 1.09 bits per heavy atom. The molecule has 0 unspecified atom stereocenters. The lowest BCUT2D eigenvalue weighted by molar-refractivity contribution is -0.185. The SMILES string of the molecule is C[C@]12CCC(=O)C=C1CC[C@@H]1[C@@H]2[C@@H](O)C[C@@]2(C)[C@H]1CC[C@@]2(O)C(=O)COC(=O)COCC(=O)O. The maximum atomic E-state index is 13.1. The van der Waals surface area contributed by atoms with Crippen LogP contribution in [0.1, 0.15) is 58.8 Å². The highest BCUT2D eigenvalue weighted by molar-refractivity contribution is 5.92. The van der Waals surface area contributed by atoms with Crippen molar-refractivity contribution in [2.45, 2.75) is 70.5 Å². The quantitative estimate of drug-likeness (QED) is 0.462. The molecule has 188 valence electrons. The number of Topliss-reactive ketones (excluding diaryl/α,β-unsaturated/α-hetero) is 1. The summed E-state index contributed by atoms with van der Waals surface area (Å²) in [5.74, 6) is -2.45. The van der Waals surface area contributed by atoms with Crippen LogP contribution in [-0.4, -0.2) is 70.4 Å². The van der Waals surface area contributed by atoms with E-state index in [0.29, 0.717) is 19.3 Å². The largest absolute Gasteiger partial charge is 0.480 e. The summed E-state index contributed by atoms with van der Waals surface area (Å²) in [6, 6.07) is 0. The smallest absolute Gasteiger partial charge is 0.332 e. The minimum atomic E-state index is -1.73. The van der Waals surface area contributed by atoms with E-state index in [4.69, 9.17) is 9.84 Å². The lowest BCUT2D eigenvalue weighted by Gasteiger charge is -2.60. The molecule has 0 amide bonds. The van der Waals surface area contributed by atoms with E-state index >= 15 is 0 Å². The molecule has 3 N–H and O–H groups in total. The zero-order valence-corrected chi connectivity index (χ0v) is 19.7. The highest BCUT2D eigenvalue weighted by Gasteiger charge is 2.68. The Hall–Kier alpha value is -2.10. The van der Waals surface area contributed by atoms with E-state index in [1.165, 1.54) is 0 Å². The Morgan fingerprint density at radius 2 is 1.82 bits per heavy atom. The van der Waals surface area contributed by atoms with E-state index in [2.05, 4.69) is 11.7 Å². The van der Waals surface area contributed by atoms with Crippen LogP contribution in [0.15, 0.2) is 11.6 Å². The summed E-state index contributed by atoms with van der Waals surface area (Å²) < 4.78 is 9.62. The molecule has 4 aliphatic carbocycles. The minimum absolute atomic E-state index is 0.0275. The highest BCUT2D eigenvalue weighted by atomic mass is 16.6. The number of carbonyl (C=O) groups excluding carboxylic acids is 3. The van der Waals surface area contributed by atoms with Gasteiger partial charge in [-0.3, -0.25) is 9.59 Å². The van der Waals surface area contributed by atoms with Crippen LogP contribution in [0.4, 0.5) is 0 Å². The van der Waals surface area contributed by atoms with Crippen LogP contribution in [0.3, 0.4) is 0 Å². The summed E-state index contributed by atoms with van der Waals surface area (Å²) in [4.78, 5) is 47.4. The number of rotatable bonds is 7. The number of fused-ring (bicyclic) bond motifs is 5. The number of carbonyl (C=O) groups is 4. The zero-order valence-electron chi connectivity index (χ0n) is 19.7. The second kappa shape index (κ2) is 8.84. The number of aliphatic hydroxyl groups is 2. The molecule has 4 rings (SSSR count). The minimum Gasteiger partial charge on any atom is -0.480 e. The Labute approximate surface area is 198 Å². The summed E-state index contributed by atoms with van der Waals surface area (Å²) >= 11 is 0. The first-order valence-electron chi connectivity index (χ1n) is 12.0. The van der Waals surface area contributed by atoms with Crippen molar-refractivity contribution in [2.75, 3.05) is 19.8 Å². The molecule has 4 aliphatic rings. The van der Waals surface area contributed by atoms with E-state index in [1.807, 2.05) is 6.92 Å². The van der Waals surface area contributed by atoms with E-state index < -0.39 is 54.7 Å². The second-order valence-electron chi connectivity index (χ2n) is 10.9. The fourth-order valence-corrected chi connectivity index (χ4v) is 7.68. The topological polar surface area (TPSA) is 147 Å². The average Bonchev–Trinajstić information content (AvgIpc) is 3.03. The van der Waals surface area contributed by atoms with Crippen molar-refractivity contribution in [3.8, 4) is 0 Å². The molecular weight excluding hydrogens is 444 g/mol. The van der Waals surface area contributed by atoms with Gasteiger partial charge in [0, 0.05) is 11.8 Å². The van der Waals surface area contributed by atoms with Crippen molar-refractivity contribution >= 4 is 23.5 Å². The van der Waals surface area contributed by atoms with Gasteiger partial charge >= 0.3 is 11.9 Å². The van der Waals surface area contributed by atoms with E-state index in [0.717, 1.165) is 18.4 Å². The van der Waals surface area contributed by atoms with Crippen LogP contribution in [0.2, 0.25) is 0 Å². The van der Waals surface area contributed by atoms with Crippen molar-refractivity contribution in [1.29, 1.82) is 0 Å². The third kappa shape index (κ3) is 3.91. The lowest BCUT2D eigenvalue weighted by atomic mass is 9.45. The van der Waals surface area contributed by atoms with Gasteiger partial charge in [0.1, 0.15) is 18.8 Å². The maximum Gasteiger partial charge on any atom is 0.332 e. The predicted molar refractivity (Wildman–Crippen MR) is 117 cm³/mol. The third-order valence-electron chi connectivity index (χ3n) is 9.32. The van der Waals surface area contributed by atoms with Gasteiger partial charge in [-0.1, -0.05) is 19.4 Å². The van der Waals surface area contributed by atoms with Gasteiger partial charge in [0.25, 0.3) is 0 Å². The number of carboxylic acids is 1. The van der Waals surface area contributed by atoms with Crippen LogP contribution in [0.5, 0.6) is 0 Å². The fraction of sp³-hybridized carbons (Fsp3) is 0.760. The maximum absolute atomic E-state index is 13.1. The molecule has 0 aliphatic heterocycles. The predicted octanol–water partition coefficient (Wildman–Crippen LogP) is 1.43. The highest BCUT2D eigenvalue weighted by Crippen LogP contribution is 2.67. The van der Waals surface area contributed by atoms with E-state index in [1.54, 1.807) is 6.08 Å². The first kappa shape index (κ1) is 25.0. The molecule has 9 heteroatoms. The van der Waals surface area contributed by atoms with Gasteiger partial charge < -0.3 is 24.8 Å². The summed E-state index contributed by atoms with van der Waals surface area (Å²) in [7, 11) is 0. The third-order valence-corrected chi connectivity index (χ3v) is 9.32. The molecule has 34 heavy (non-hydrogen) atoms. The molecule has 0 aromatic heterocycles. The van der Waals surface area contributed by atoms with Crippen molar-refractivity contribution < 1.29 is 44.0 Å². The second-order valence-corrected chi connectivity index (χ2v) is 10.9. The lowest BCUT2D eigenvalue weighted by Crippen LogP contribution is -2.62. The molecule has 9 nitrogen and oxygen atoms in total. The number of hydrogen-bond donors (Lipinski definition) is 3. The van der Waals surface area contributed by atoms with Gasteiger partial charge in [0.2, 0.25) is 5.78 Å². The van der Waals surface area contributed by atoms with Gasteiger partial charge in [-0.2, -0.15) is 0 Å². The molecule has 0 aromatic rings. The van der Waals surface area contributed by atoms with Crippen molar-refractivity contribution in [1.82, 2.24) is 0 Å². The molecule has 0 aromatic carbocycles. The first-order valence-corrected chi connectivity index (χ1v) is 12.0. The molecular formula is C25H34O9. The number of aliphatic hydroxyl groups excluding tert-OH is 1. The number of carboxylic acid groups (broad SMARTS) is 1. The summed E-state index contributed by atoms with van der Waals surface area (Å²) in [5.41, 5.74) is -1.73. The van der Waals surface area contributed by atoms with E-state index in [9.17, 15) is 29.4 Å². The molecule has 0 radical (unpaired) electrons. The molecule has 7 atom stereocenters. The first-order chi connectivity index (χ1) is 15.9. The van der Waals surface area contributed by atoms with Crippen molar-refractivity contribution in [2.24, 2.45) is 28.6 Å². The number of aliphatic carboxylic acids is 1. The van der Waals surface area contributed by atoms with Crippen LogP contribution in [0, 0.1) is 28.6 Å². The molecule has 0 bridgehead atoms.